The van der Waals surface area contributed by atoms with Crippen molar-refractivity contribution in [3.63, 3.8) is 0 Å². The number of hydrogen-bond donors (Lipinski definition) is 3. The number of urea groups is 1. The van der Waals surface area contributed by atoms with Gasteiger partial charge in [-0.2, -0.15) is 5.10 Å². The molecule has 1 unspecified atom stereocenters. The van der Waals surface area contributed by atoms with Crippen LogP contribution in [0.25, 0.3) is 0 Å². The molecule has 0 bridgehead atoms. The van der Waals surface area contributed by atoms with Gasteiger partial charge in [0.2, 0.25) is 0 Å². The predicted octanol–water partition coefficient (Wildman–Crippen LogP) is -0.291. The van der Waals surface area contributed by atoms with Gasteiger partial charge in [0.25, 0.3) is 0 Å². The van der Waals surface area contributed by atoms with E-state index in [0.29, 0.717) is 18.8 Å². The third-order valence-corrected chi connectivity index (χ3v) is 2.42. The first-order valence-corrected chi connectivity index (χ1v) is 5.56. The summed E-state index contributed by atoms with van der Waals surface area (Å²) in [5.74, 6) is -0.816. The molecule has 0 fully saturated rings. The second-order valence-corrected chi connectivity index (χ2v) is 4.03. The highest BCUT2D eigenvalue weighted by atomic mass is 16.4. The van der Waals surface area contributed by atoms with Crippen LogP contribution in [0.15, 0.2) is 6.33 Å². The maximum atomic E-state index is 11.6. The normalized spacial score (nSPS) is 11.9. The lowest BCUT2D eigenvalue weighted by molar-refractivity contribution is -0.141. The van der Waals surface area contributed by atoms with Gasteiger partial charge < -0.3 is 15.3 Å². The molecule has 3 N–H and O–H groups in total. The van der Waals surface area contributed by atoms with Crippen molar-refractivity contribution in [2.24, 2.45) is 5.92 Å². The molecule has 0 aromatic carbocycles. The SMILES string of the molecule is CC(CN(C)C(=O)NCCc1ncn[nH]1)C(=O)O. The fourth-order valence-electron chi connectivity index (χ4n) is 1.35. The van der Waals surface area contributed by atoms with Crippen LogP contribution in [0.2, 0.25) is 0 Å². The highest BCUT2D eigenvalue weighted by Crippen LogP contribution is 1.98. The maximum absolute atomic E-state index is 11.6. The largest absolute Gasteiger partial charge is 0.481 e. The number of carboxylic acid groups (broad SMARTS) is 1. The molecule has 2 amide bonds. The Hall–Kier alpha value is -2.12. The van der Waals surface area contributed by atoms with Gasteiger partial charge in [-0.15, -0.1) is 0 Å². The quantitative estimate of drug-likeness (QED) is 0.646. The molecule has 18 heavy (non-hydrogen) atoms. The minimum Gasteiger partial charge on any atom is -0.481 e. The van der Waals surface area contributed by atoms with Gasteiger partial charge in [-0.25, -0.2) is 9.78 Å². The van der Waals surface area contributed by atoms with Crippen LogP contribution in [0.4, 0.5) is 4.79 Å². The number of aliphatic carboxylic acids is 1. The summed E-state index contributed by atoms with van der Waals surface area (Å²) in [5.41, 5.74) is 0. The predicted molar refractivity (Wildman–Crippen MR) is 62.9 cm³/mol. The number of nitrogens with one attached hydrogen (secondary N) is 2. The van der Waals surface area contributed by atoms with Crippen molar-refractivity contribution in [1.29, 1.82) is 0 Å². The van der Waals surface area contributed by atoms with E-state index in [9.17, 15) is 9.59 Å². The minimum absolute atomic E-state index is 0.170. The number of rotatable bonds is 6. The zero-order valence-corrected chi connectivity index (χ0v) is 10.4. The van der Waals surface area contributed by atoms with Crippen LogP contribution in [-0.2, 0) is 11.2 Å². The molecule has 0 aliphatic heterocycles. The van der Waals surface area contributed by atoms with Crippen LogP contribution in [0.5, 0.6) is 0 Å². The summed E-state index contributed by atoms with van der Waals surface area (Å²) in [6.45, 7) is 2.14. The summed E-state index contributed by atoms with van der Waals surface area (Å²) in [6, 6.07) is -0.303. The molecule has 1 aromatic rings. The van der Waals surface area contributed by atoms with E-state index in [-0.39, 0.29) is 12.6 Å². The van der Waals surface area contributed by atoms with Crippen LogP contribution < -0.4 is 5.32 Å². The molecule has 0 saturated carbocycles. The lowest BCUT2D eigenvalue weighted by Crippen LogP contribution is -2.41. The van der Waals surface area contributed by atoms with Gasteiger partial charge in [0, 0.05) is 26.6 Å². The van der Waals surface area contributed by atoms with Gasteiger partial charge in [-0.3, -0.25) is 9.89 Å². The highest BCUT2D eigenvalue weighted by Gasteiger charge is 2.16. The molecule has 1 heterocycles. The molecule has 1 aromatic heterocycles. The summed E-state index contributed by atoms with van der Waals surface area (Å²) in [4.78, 5) is 27.5. The van der Waals surface area contributed by atoms with Crippen molar-refractivity contribution in [2.75, 3.05) is 20.1 Å². The minimum atomic E-state index is -0.920. The Kier molecular flexibility index (Phi) is 5.09. The zero-order chi connectivity index (χ0) is 13.5. The van der Waals surface area contributed by atoms with Crippen molar-refractivity contribution in [3.05, 3.63) is 12.2 Å². The molecular weight excluding hydrogens is 238 g/mol. The van der Waals surface area contributed by atoms with Crippen molar-refractivity contribution >= 4 is 12.0 Å². The van der Waals surface area contributed by atoms with Crippen molar-refractivity contribution < 1.29 is 14.7 Å². The average Bonchev–Trinajstić information content (AvgIpc) is 2.81. The third kappa shape index (κ3) is 4.40. The van der Waals surface area contributed by atoms with E-state index >= 15 is 0 Å². The maximum Gasteiger partial charge on any atom is 0.317 e. The molecule has 0 radical (unpaired) electrons. The van der Waals surface area contributed by atoms with Crippen LogP contribution in [0, 0.1) is 5.92 Å². The second kappa shape index (κ2) is 6.58. The van der Waals surface area contributed by atoms with E-state index in [4.69, 9.17) is 5.11 Å². The first-order chi connectivity index (χ1) is 8.50. The van der Waals surface area contributed by atoms with Gasteiger partial charge in [0.05, 0.1) is 5.92 Å². The number of hydrogen-bond acceptors (Lipinski definition) is 4. The number of aromatic nitrogens is 3. The lowest BCUT2D eigenvalue weighted by Gasteiger charge is -2.19. The molecule has 0 saturated heterocycles. The number of H-pyrrole nitrogens is 1. The summed E-state index contributed by atoms with van der Waals surface area (Å²) in [6.07, 6.45) is 1.95. The molecule has 8 nitrogen and oxygen atoms in total. The Morgan fingerprint density at radius 1 is 1.61 bits per heavy atom. The van der Waals surface area contributed by atoms with E-state index in [1.54, 1.807) is 14.0 Å². The lowest BCUT2D eigenvalue weighted by atomic mass is 10.2. The van der Waals surface area contributed by atoms with Gasteiger partial charge in [-0.1, -0.05) is 6.92 Å². The van der Waals surface area contributed by atoms with E-state index in [1.165, 1.54) is 11.2 Å². The van der Waals surface area contributed by atoms with E-state index in [0.717, 1.165) is 0 Å². The van der Waals surface area contributed by atoms with E-state index in [1.807, 2.05) is 0 Å². The molecule has 8 heteroatoms. The molecular formula is C10H17N5O3. The number of amides is 2. The second-order valence-electron chi connectivity index (χ2n) is 4.03. The zero-order valence-electron chi connectivity index (χ0n) is 10.4. The van der Waals surface area contributed by atoms with Gasteiger partial charge in [0.1, 0.15) is 12.2 Å². The van der Waals surface area contributed by atoms with Gasteiger partial charge >= 0.3 is 12.0 Å². The fraction of sp³-hybridized carbons (Fsp3) is 0.600. The summed E-state index contributed by atoms with van der Waals surface area (Å²) >= 11 is 0. The van der Waals surface area contributed by atoms with Crippen LogP contribution in [0.3, 0.4) is 0 Å². The average molecular weight is 255 g/mol. The Balaban J connectivity index is 2.25. The number of carboxylic acids is 1. The monoisotopic (exact) mass is 255 g/mol. The van der Waals surface area contributed by atoms with Gasteiger partial charge in [-0.05, 0) is 0 Å². The first kappa shape index (κ1) is 13.9. The number of carbonyl (C=O) groups excluding carboxylic acids is 1. The van der Waals surface area contributed by atoms with Crippen LogP contribution in [-0.4, -0.2) is 57.3 Å². The van der Waals surface area contributed by atoms with Gasteiger partial charge in [0.15, 0.2) is 0 Å². The summed E-state index contributed by atoms with van der Waals surface area (Å²) in [5, 5.41) is 17.8. The smallest absolute Gasteiger partial charge is 0.317 e. The van der Waals surface area contributed by atoms with E-state index in [2.05, 4.69) is 20.5 Å². The van der Waals surface area contributed by atoms with Crippen molar-refractivity contribution in [2.45, 2.75) is 13.3 Å². The topological polar surface area (TPSA) is 111 Å². The highest BCUT2D eigenvalue weighted by molar-refractivity contribution is 5.75. The Labute approximate surface area is 104 Å². The number of aromatic amines is 1. The summed E-state index contributed by atoms with van der Waals surface area (Å²) < 4.78 is 0. The Morgan fingerprint density at radius 3 is 2.89 bits per heavy atom. The van der Waals surface area contributed by atoms with Crippen LogP contribution >= 0.6 is 0 Å². The fourth-order valence-corrected chi connectivity index (χ4v) is 1.35. The molecule has 1 atom stereocenters. The van der Waals surface area contributed by atoms with Crippen molar-refractivity contribution in [3.8, 4) is 0 Å². The number of carbonyl (C=O) groups is 2. The standard InChI is InChI=1S/C10H17N5O3/c1-7(9(16)17)5-15(2)10(18)11-4-3-8-12-6-13-14-8/h6-7H,3-5H2,1-2H3,(H,11,18)(H,16,17)(H,12,13,14). The summed E-state index contributed by atoms with van der Waals surface area (Å²) in [7, 11) is 1.56. The molecule has 100 valence electrons. The molecule has 1 rings (SSSR count). The molecule has 0 spiro atoms. The Morgan fingerprint density at radius 2 is 2.33 bits per heavy atom. The third-order valence-electron chi connectivity index (χ3n) is 2.42. The van der Waals surface area contributed by atoms with E-state index < -0.39 is 11.9 Å². The Bertz CT molecular complexity index is 392. The van der Waals surface area contributed by atoms with Crippen LogP contribution in [0.1, 0.15) is 12.7 Å². The number of nitrogens with zero attached hydrogens (tertiary/aromatic N) is 3. The molecule has 0 aliphatic carbocycles. The first-order valence-electron chi connectivity index (χ1n) is 5.56. The molecule has 0 aliphatic rings. The van der Waals surface area contributed by atoms with Crippen molar-refractivity contribution in [1.82, 2.24) is 25.4 Å².